The normalized spacial score (nSPS) is 34.4. The minimum absolute atomic E-state index is 0.0649. The third-order valence-electron chi connectivity index (χ3n) is 8.27. The van der Waals surface area contributed by atoms with Gasteiger partial charge in [0.1, 0.15) is 10.9 Å². The minimum atomic E-state index is -3.99. The number of rotatable bonds is 5. The lowest BCUT2D eigenvalue weighted by atomic mass is 9.75. The first-order valence-electron chi connectivity index (χ1n) is 11.7. The second-order valence-corrected chi connectivity index (χ2v) is 12.3. The van der Waals surface area contributed by atoms with Crippen molar-refractivity contribution in [1.82, 2.24) is 9.62 Å². The van der Waals surface area contributed by atoms with Crippen molar-refractivity contribution in [2.45, 2.75) is 68.3 Å². The highest BCUT2D eigenvalue weighted by molar-refractivity contribution is 7.89. The van der Waals surface area contributed by atoms with E-state index in [1.165, 1.54) is 54.6 Å². The molecule has 0 radical (unpaired) electrons. The van der Waals surface area contributed by atoms with Gasteiger partial charge in [-0.05, 0) is 80.4 Å². The molecule has 2 amide bonds. The summed E-state index contributed by atoms with van der Waals surface area (Å²) in [6.07, 6.45) is 8.41. The molecule has 0 aromatic heterocycles. The van der Waals surface area contributed by atoms with Gasteiger partial charge >= 0.3 is 0 Å². The largest absolute Gasteiger partial charge is 0.366 e. The Labute approximate surface area is 194 Å². The number of benzene rings is 1. The number of hydrogen-bond donors (Lipinski definition) is 2. The van der Waals surface area contributed by atoms with Crippen LogP contribution in [0.2, 0.25) is 5.02 Å². The maximum absolute atomic E-state index is 13.4. The summed E-state index contributed by atoms with van der Waals surface area (Å²) in [6.45, 7) is 0.274. The lowest BCUT2D eigenvalue weighted by molar-refractivity contribution is -0.126. The van der Waals surface area contributed by atoms with Crippen molar-refractivity contribution in [2.24, 2.45) is 29.4 Å². The van der Waals surface area contributed by atoms with Crippen LogP contribution in [-0.4, -0.2) is 43.2 Å². The van der Waals surface area contributed by atoms with Crippen molar-refractivity contribution < 1.29 is 18.0 Å². The molecule has 3 N–H and O–H groups in total. The van der Waals surface area contributed by atoms with Crippen molar-refractivity contribution >= 4 is 33.4 Å². The number of nitrogens with one attached hydrogen (secondary N) is 1. The van der Waals surface area contributed by atoms with Crippen molar-refractivity contribution in [3.8, 4) is 0 Å². The maximum atomic E-state index is 13.4. The smallest absolute Gasteiger partial charge is 0.248 e. The second-order valence-electron chi connectivity index (χ2n) is 10.00. The van der Waals surface area contributed by atoms with Gasteiger partial charge in [-0.2, -0.15) is 4.31 Å². The molecule has 0 spiro atoms. The summed E-state index contributed by atoms with van der Waals surface area (Å²) >= 11 is 6.21. The fraction of sp³-hybridized carbons (Fsp3) is 0.652. The van der Waals surface area contributed by atoms with E-state index in [0.717, 1.165) is 18.3 Å². The van der Waals surface area contributed by atoms with Crippen molar-refractivity contribution in [2.75, 3.05) is 6.54 Å². The van der Waals surface area contributed by atoms with Crippen molar-refractivity contribution in [3.05, 3.63) is 28.8 Å². The van der Waals surface area contributed by atoms with E-state index < -0.39 is 22.0 Å². The molecule has 3 saturated carbocycles. The third-order valence-corrected chi connectivity index (χ3v) is 10.7. The number of amides is 2. The van der Waals surface area contributed by atoms with Crippen LogP contribution in [-0.2, 0) is 14.8 Å². The number of halogens is 1. The molecule has 32 heavy (non-hydrogen) atoms. The topological polar surface area (TPSA) is 110 Å². The zero-order valence-corrected chi connectivity index (χ0v) is 19.6. The number of carbonyl (C=O) groups excluding carboxylic acids is 2. The fourth-order valence-electron chi connectivity index (χ4n) is 6.83. The average molecular weight is 480 g/mol. The molecule has 1 aliphatic heterocycles. The Morgan fingerprint density at radius 3 is 2.47 bits per heavy atom. The van der Waals surface area contributed by atoms with E-state index >= 15 is 0 Å². The zero-order chi connectivity index (χ0) is 22.6. The molecule has 1 aromatic carbocycles. The fourth-order valence-corrected chi connectivity index (χ4v) is 9.01. The molecule has 6 atom stereocenters. The summed E-state index contributed by atoms with van der Waals surface area (Å²) in [6, 6.07) is 3.34. The molecule has 5 rings (SSSR count). The number of hydrogen-bond acceptors (Lipinski definition) is 4. The van der Waals surface area contributed by atoms with E-state index in [-0.39, 0.29) is 34.0 Å². The predicted molar refractivity (Wildman–Crippen MR) is 120 cm³/mol. The molecule has 1 heterocycles. The van der Waals surface area contributed by atoms with Crippen LogP contribution in [0.15, 0.2) is 23.1 Å². The van der Waals surface area contributed by atoms with Crippen LogP contribution < -0.4 is 11.1 Å². The summed E-state index contributed by atoms with van der Waals surface area (Å²) in [5, 5.41) is 3.23. The summed E-state index contributed by atoms with van der Waals surface area (Å²) in [5.41, 5.74) is 5.41. The van der Waals surface area contributed by atoms with Crippen LogP contribution in [0.4, 0.5) is 0 Å². The first-order chi connectivity index (χ1) is 15.3. The Bertz CT molecular complexity index is 1050. The number of sulfonamides is 1. The average Bonchev–Trinajstić information content (AvgIpc) is 3.32. The van der Waals surface area contributed by atoms with Gasteiger partial charge in [-0.1, -0.05) is 24.4 Å². The molecule has 174 valence electrons. The molecule has 3 bridgehead atoms. The van der Waals surface area contributed by atoms with Gasteiger partial charge < -0.3 is 11.1 Å². The molecule has 3 aliphatic carbocycles. The molecule has 1 saturated heterocycles. The van der Waals surface area contributed by atoms with Crippen LogP contribution in [0, 0.1) is 23.7 Å². The SMILES string of the molecule is NC(=O)c1ccc(S(=O)(=O)N2CCC[C@@H]2C(=O)NC2C3CCCC4CC2CC4C3)c(Cl)c1. The molecule has 5 unspecified atom stereocenters. The molecular weight excluding hydrogens is 450 g/mol. The lowest BCUT2D eigenvalue weighted by Gasteiger charge is -2.38. The van der Waals surface area contributed by atoms with Crippen LogP contribution in [0.5, 0.6) is 0 Å². The Hall–Kier alpha value is -1.64. The molecule has 1 aromatic rings. The van der Waals surface area contributed by atoms with Crippen LogP contribution in [0.1, 0.15) is 61.7 Å². The van der Waals surface area contributed by atoms with Crippen LogP contribution >= 0.6 is 11.6 Å². The van der Waals surface area contributed by atoms with Gasteiger partial charge in [0.2, 0.25) is 21.8 Å². The monoisotopic (exact) mass is 479 g/mol. The molecule has 7 nitrogen and oxygen atoms in total. The van der Waals surface area contributed by atoms with E-state index in [4.69, 9.17) is 17.3 Å². The zero-order valence-electron chi connectivity index (χ0n) is 18.0. The number of nitrogens with zero attached hydrogens (tertiary/aromatic N) is 1. The molecule has 9 heteroatoms. The van der Waals surface area contributed by atoms with E-state index in [9.17, 15) is 18.0 Å². The summed E-state index contributed by atoms with van der Waals surface area (Å²) < 4.78 is 28.1. The second kappa shape index (κ2) is 8.29. The molecular formula is C23H30ClN3O4S. The van der Waals surface area contributed by atoms with Gasteiger partial charge in [0.15, 0.2) is 0 Å². The van der Waals surface area contributed by atoms with Crippen molar-refractivity contribution in [3.63, 3.8) is 0 Å². The van der Waals surface area contributed by atoms with Crippen LogP contribution in [0.3, 0.4) is 0 Å². The number of carbonyl (C=O) groups is 2. The maximum Gasteiger partial charge on any atom is 0.248 e. The standard InChI is InChI=1S/C23H30ClN3O4S/c24-18-12-15(22(25)28)6-7-20(18)32(30,31)27-8-2-5-19(27)23(29)26-21-14-4-1-3-13-9-17(21)11-16(13)10-14/h6-7,12-14,16-17,19,21H,1-5,8-11H2,(H2,25,28)(H,26,29)/t13?,14?,16?,17?,19-,21?/m1/s1. The van der Waals surface area contributed by atoms with Gasteiger partial charge in [-0.3, -0.25) is 9.59 Å². The molecule has 4 aliphatic rings. The van der Waals surface area contributed by atoms with E-state index in [1.54, 1.807) is 0 Å². The Balaban J connectivity index is 1.35. The number of nitrogens with two attached hydrogens (primary N) is 1. The number of primary amides is 1. The Morgan fingerprint density at radius 2 is 1.72 bits per heavy atom. The van der Waals surface area contributed by atoms with Gasteiger partial charge in [-0.15, -0.1) is 0 Å². The van der Waals surface area contributed by atoms with Crippen LogP contribution in [0.25, 0.3) is 0 Å². The summed E-state index contributed by atoms with van der Waals surface area (Å²) in [7, 11) is -3.99. The van der Waals surface area contributed by atoms with E-state index in [2.05, 4.69) is 5.32 Å². The lowest BCUT2D eigenvalue weighted by Crippen LogP contribution is -2.53. The summed E-state index contributed by atoms with van der Waals surface area (Å²) in [4.78, 5) is 24.6. The molecule has 4 fully saturated rings. The van der Waals surface area contributed by atoms with Gasteiger partial charge in [0.25, 0.3) is 0 Å². The quantitative estimate of drug-likeness (QED) is 0.676. The highest BCUT2D eigenvalue weighted by atomic mass is 35.5. The van der Waals surface area contributed by atoms with E-state index in [0.29, 0.717) is 24.7 Å². The minimum Gasteiger partial charge on any atom is -0.366 e. The Morgan fingerprint density at radius 1 is 1.00 bits per heavy atom. The summed E-state index contributed by atoms with van der Waals surface area (Å²) in [5.74, 6) is 1.79. The van der Waals surface area contributed by atoms with E-state index in [1.807, 2.05) is 0 Å². The van der Waals surface area contributed by atoms with Crippen molar-refractivity contribution in [1.29, 1.82) is 0 Å². The Kier molecular flexibility index (Phi) is 5.75. The number of fused-ring (bicyclic) bond motifs is 2. The third kappa shape index (κ3) is 3.74. The first-order valence-corrected chi connectivity index (χ1v) is 13.5. The van der Waals surface area contributed by atoms with Gasteiger partial charge in [0, 0.05) is 18.2 Å². The highest BCUT2D eigenvalue weighted by Crippen LogP contribution is 2.53. The van der Waals surface area contributed by atoms with Gasteiger partial charge in [0.05, 0.1) is 5.02 Å². The van der Waals surface area contributed by atoms with Gasteiger partial charge in [-0.25, -0.2) is 8.42 Å². The predicted octanol–water partition coefficient (Wildman–Crippen LogP) is 2.92. The highest BCUT2D eigenvalue weighted by Gasteiger charge is 2.49. The first kappa shape index (κ1) is 22.2.